The van der Waals surface area contributed by atoms with Gasteiger partial charge in [-0.1, -0.05) is 6.07 Å². The Morgan fingerprint density at radius 2 is 2.19 bits per heavy atom. The molecule has 84 valence electrons. The predicted molar refractivity (Wildman–Crippen MR) is 66.8 cm³/mol. The van der Waals surface area contributed by atoms with Crippen molar-refractivity contribution in [3.8, 4) is 5.75 Å². The number of anilines is 1. The standard InChI is InChI=1S/C12H14N2OS/c1-8-12(16-9(2)14-8)7-15-11-5-3-4-10(13)6-11/h3-6H,7,13H2,1-2H3. The van der Waals surface area contributed by atoms with Crippen LogP contribution >= 0.6 is 11.3 Å². The smallest absolute Gasteiger partial charge is 0.124 e. The maximum absolute atomic E-state index is 5.67. The summed E-state index contributed by atoms with van der Waals surface area (Å²) in [5, 5.41) is 1.07. The van der Waals surface area contributed by atoms with Crippen LogP contribution in [0.4, 0.5) is 5.69 Å². The van der Waals surface area contributed by atoms with E-state index in [9.17, 15) is 0 Å². The maximum Gasteiger partial charge on any atom is 0.124 e. The third-order valence-corrected chi connectivity index (χ3v) is 3.27. The zero-order valence-corrected chi connectivity index (χ0v) is 10.2. The summed E-state index contributed by atoms with van der Waals surface area (Å²) in [6.07, 6.45) is 0. The quantitative estimate of drug-likeness (QED) is 0.831. The molecule has 0 amide bonds. The molecular formula is C12H14N2OS. The fraction of sp³-hybridized carbons (Fsp3) is 0.250. The SMILES string of the molecule is Cc1nc(C)c(COc2cccc(N)c2)s1. The molecule has 0 bridgehead atoms. The second-order valence-electron chi connectivity index (χ2n) is 3.60. The number of nitrogens with two attached hydrogens (primary N) is 1. The zero-order chi connectivity index (χ0) is 11.5. The largest absolute Gasteiger partial charge is 0.488 e. The van der Waals surface area contributed by atoms with Crippen LogP contribution in [0.1, 0.15) is 15.6 Å². The first kappa shape index (κ1) is 11.0. The maximum atomic E-state index is 5.67. The van der Waals surface area contributed by atoms with Gasteiger partial charge >= 0.3 is 0 Å². The molecule has 0 saturated heterocycles. The first-order chi connectivity index (χ1) is 7.65. The topological polar surface area (TPSA) is 48.1 Å². The minimum atomic E-state index is 0.556. The molecule has 2 aromatic rings. The molecule has 0 aliphatic rings. The van der Waals surface area contributed by atoms with Crippen LogP contribution < -0.4 is 10.5 Å². The number of hydrogen-bond acceptors (Lipinski definition) is 4. The molecule has 1 heterocycles. The second kappa shape index (κ2) is 4.53. The molecule has 2 rings (SSSR count). The van der Waals surface area contributed by atoms with E-state index in [0.29, 0.717) is 6.61 Å². The summed E-state index contributed by atoms with van der Waals surface area (Å²) >= 11 is 1.67. The van der Waals surface area contributed by atoms with Gasteiger partial charge in [0, 0.05) is 11.8 Å². The molecule has 0 aliphatic carbocycles. The van der Waals surface area contributed by atoms with Gasteiger partial charge in [0.1, 0.15) is 12.4 Å². The molecule has 16 heavy (non-hydrogen) atoms. The Kier molecular flexibility index (Phi) is 3.10. The number of ether oxygens (including phenoxy) is 1. The van der Waals surface area contributed by atoms with Crippen LogP contribution in [0.25, 0.3) is 0 Å². The van der Waals surface area contributed by atoms with Crippen molar-refractivity contribution in [1.29, 1.82) is 0 Å². The summed E-state index contributed by atoms with van der Waals surface area (Å²) in [4.78, 5) is 5.52. The molecule has 0 spiro atoms. The molecule has 1 aromatic carbocycles. The van der Waals surface area contributed by atoms with Crippen molar-refractivity contribution >= 4 is 17.0 Å². The third-order valence-electron chi connectivity index (χ3n) is 2.23. The number of thiazole rings is 1. The predicted octanol–water partition coefficient (Wildman–Crippen LogP) is 2.92. The lowest BCUT2D eigenvalue weighted by Gasteiger charge is -2.05. The Balaban J connectivity index is 2.05. The van der Waals surface area contributed by atoms with Gasteiger partial charge in [0.25, 0.3) is 0 Å². The van der Waals surface area contributed by atoms with E-state index in [1.165, 1.54) is 4.88 Å². The lowest BCUT2D eigenvalue weighted by molar-refractivity contribution is 0.309. The van der Waals surface area contributed by atoms with E-state index in [2.05, 4.69) is 4.98 Å². The molecule has 3 nitrogen and oxygen atoms in total. The van der Waals surface area contributed by atoms with Crippen LogP contribution in [0.15, 0.2) is 24.3 Å². The van der Waals surface area contributed by atoms with E-state index < -0.39 is 0 Å². The average Bonchev–Trinajstić information content (AvgIpc) is 2.54. The third kappa shape index (κ3) is 2.52. The Hall–Kier alpha value is -1.55. The van der Waals surface area contributed by atoms with E-state index in [-0.39, 0.29) is 0 Å². The van der Waals surface area contributed by atoms with Crippen molar-refractivity contribution in [1.82, 2.24) is 4.98 Å². The van der Waals surface area contributed by atoms with Crippen molar-refractivity contribution in [2.75, 3.05) is 5.73 Å². The summed E-state index contributed by atoms with van der Waals surface area (Å²) in [7, 11) is 0. The van der Waals surface area contributed by atoms with Gasteiger partial charge in [0.05, 0.1) is 15.6 Å². The van der Waals surface area contributed by atoms with E-state index in [1.807, 2.05) is 38.1 Å². The second-order valence-corrected chi connectivity index (χ2v) is 4.89. The number of aryl methyl sites for hydroxylation is 2. The lowest BCUT2D eigenvalue weighted by atomic mass is 10.3. The Morgan fingerprint density at radius 1 is 1.38 bits per heavy atom. The fourth-order valence-electron chi connectivity index (χ4n) is 1.46. The highest BCUT2D eigenvalue weighted by Gasteiger charge is 2.05. The number of nitrogen functional groups attached to an aromatic ring is 1. The summed E-state index contributed by atoms with van der Waals surface area (Å²) < 4.78 is 5.66. The number of aromatic nitrogens is 1. The number of nitrogens with zero attached hydrogens (tertiary/aromatic N) is 1. The fourth-order valence-corrected chi connectivity index (χ4v) is 2.31. The van der Waals surface area contributed by atoms with Crippen molar-refractivity contribution < 1.29 is 4.74 Å². The van der Waals surface area contributed by atoms with Gasteiger partial charge < -0.3 is 10.5 Å². The highest BCUT2D eigenvalue weighted by Crippen LogP contribution is 2.21. The first-order valence-electron chi connectivity index (χ1n) is 5.06. The van der Waals surface area contributed by atoms with E-state index in [1.54, 1.807) is 11.3 Å². The zero-order valence-electron chi connectivity index (χ0n) is 9.36. The molecule has 1 aromatic heterocycles. The first-order valence-corrected chi connectivity index (χ1v) is 5.88. The van der Waals surface area contributed by atoms with E-state index >= 15 is 0 Å². The molecular weight excluding hydrogens is 220 g/mol. The number of rotatable bonds is 3. The summed E-state index contributed by atoms with van der Waals surface area (Å²) in [5.74, 6) is 0.797. The van der Waals surface area contributed by atoms with Crippen LogP contribution in [-0.4, -0.2) is 4.98 Å². The molecule has 0 aliphatic heterocycles. The normalized spacial score (nSPS) is 10.4. The van der Waals surface area contributed by atoms with Crippen LogP contribution in [0.3, 0.4) is 0 Å². The minimum absolute atomic E-state index is 0.556. The molecule has 0 radical (unpaired) electrons. The van der Waals surface area contributed by atoms with Crippen molar-refractivity contribution in [3.05, 3.63) is 39.8 Å². The Labute approximate surface area is 98.9 Å². The monoisotopic (exact) mass is 234 g/mol. The van der Waals surface area contributed by atoms with Gasteiger partial charge in [-0.15, -0.1) is 11.3 Å². The number of benzene rings is 1. The Morgan fingerprint density at radius 3 is 2.81 bits per heavy atom. The summed E-state index contributed by atoms with van der Waals surface area (Å²) in [6.45, 7) is 4.56. The highest BCUT2D eigenvalue weighted by atomic mass is 32.1. The lowest BCUT2D eigenvalue weighted by Crippen LogP contribution is -1.95. The molecule has 2 N–H and O–H groups in total. The van der Waals surface area contributed by atoms with Crippen molar-refractivity contribution in [2.24, 2.45) is 0 Å². The van der Waals surface area contributed by atoms with Crippen LogP contribution in [-0.2, 0) is 6.61 Å². The van der Waals surface area contributed by atoms with Crippen molar-refractivity contribution in [2.45, 2.75) is 20.5 Å². The summed E-state index contributed by atoms with van der Waals surface area (Å²) in [6, 6.07) is 7.45. The average molecular weight is 234 g/mol. The van der Waals surface area contributed by atoms with Crippen molar-refractivity contribution in [3.63, 3.8) is 0 Å². The minimum Gasteiger partial charge on any atom is -0.488 e. The van der Waals surface area contributed by atoms with Gasteiger partial charge in [-0.05, 0) is 26.0 Å². The van der Waals surface area contributed by atoms with Gasteiger partial charge in [-0.2, -0.15) is 0 Å². The van der Waals surface area contributed by atoms with Crippen LogP contribution in [0.2, 0.25) is 0 Å². The Bertz CT molecular complexity index is 494. The molecule has 0 fully saturated rings. The van der Waals surface area contributed by atoms with E-state index in [0.717, 1.165) is 22.1 Å². The van der Waals surface area contributed by atoms with Crippen LogP contribution in [0.5, 0.6) is 5.75 Å². The van der Waals surface area contributed by atoms with Gasteiger partial charge in [-0.25, -0.2) is 4.98 Å². The number of hydrogen-bond donors (Lipinski definition) is 1. The highest BCUT2D eigenvalue weighted by molar-refractivity contribution is 7.11. The van der Waals surface area contributed by atoms with Gasteiger partial charge in [0.15, 0.2) is 0 Å². The summed E-state index contributed by atoms with van der Waals surface area (Å²) in [5.41, 5.74) is 7.44. The molecule has 0 atom stereocenters. The van der Waals surface area contributed by atoms with Gasteiger partial charge in [-0.3, -0.25) is 0 Å². The van der Waals surface area contributed by atoms with Crippen LogP contribution in [0, 0.1) is 13.8 Å². The van der Waals surface area contributed by atoms with Gasteiger partial charge in [0.2, 0.25) is 0 Å². The molecule has 4 heteroatoms. The van der Waals surface area contributed by atoms with E-state index in [4.69, 9.17) is 10.5 Å². The molecule has 0 saturated carbocycles. The molecule has 0 unspecified atom stereocenters.